The molecule has 0 radical (unpaired) electrons. The molecule has 1 aromatic carbocycles. The molecule has 0 aliphatic carbocycles. The zero-order valence-electron chi connectivity index (χ0n) is 12.6. The van der Waals surface area contributed by atoms with Crippen LogP contribution in [0.4, 0.5) is 0 Å². The predicted octanol–water partition coefficient (Wildman–Crippen LogP) is 3.07. The number of benzene rings is 1. The number of rotatable bonds is 1. The minimum absolute atomic E-state index is 0.295. The van der Waals surface area contributed by atoms with Crippen LogP contribution in [0.1, 0.15) is 55.0 Å². The lowest BCUT2D eigenvalue weighted by atomic mass is 9.89. The van der Waals surface area contributed by atoms with E-state index in [1.54, 1.807) is 0 Å². The average Bonchev–Trinajstić information content (AvgIpc) is 3.09. The summed E-state index contributed by atoms with van der Waals surface area (Å²) in [7, 11) is 0. The van der Waals surface area contributed by atoms with E-state index in [0.29, 0.717) is 18.2 Å². The molecular formula is C17H23NO2. The van der Waals surface area contributed by atoms with Crippen molar-refractivity contribution in [3.63, 3.8) is 0 Å². The van der Waals surface area contributed by atoms with Crippen LogP contribution in [-0.4, -0.2) is 18.8 Å². The Bertz CT molecular complexity index is 522. The predicted molar refractivity (Wildman–Crippen MR) is 78.7 cm³/mol. The van der Waals surface area contributed by atoms with Gasteiger partial charge in [-0.3, -0.25) is 0 Å². The van der Waals surface area contributed by atoms with E-state index in [-0.39, 0.29) is 0 Å². The third-order valence-electron chi connectivity index (χ3n) is 4.94. The third kappa shape index (κ3) is 1.69. The molecule has 0 amide bonds. The first-order valence-corrected chi connectivity index (χ1v) is 7.90. The van der Waals surface area contributed by atoms with Crippen LogP contribution < -0.4 is 14.8 Å². The van der Waals surface area contributed by atoms with Crippen LogP contribution in [-0.2, 0) is 12.8 Å². The summed E-state index contributed by atoms with van der Waals surface area (Å²) in [5, 5.41) is 3.65. The summed E-state index contributed by atoms with van der Waals surface area (Å²) in [5.74, 6) is 2.32. The number of hydrogen-bond donors (Lipinski definition) is 1. The van der Waals surface area contributed by atoms with Gasteiger partial charge in [-0.15, -0.1) is 0 Å². The maximum absolute atomic E-state index is 6.20. The monoisotopic (exact) mass is 273 g/mol. The topological polar surface area (TPSA) is 30.5 Å². The van der Waals surface area contributed by atoms with E-state index in [1.165, 1.54) is 40.8 Å². The molecule has 1 saturated heterocycles. The van der Waals surface area contributed by atoms with Gasteiger partial charge >= 0.3 is 0 Å². The summed E-state index contributed by atoms with van der Waals surface area (Å²) in [6.07, 6.45) is 5.11. The molecule has 3 heteroatoms. The van der Waals surface area contributed by atoms with Crippen molar-refractivity contribution in [3.05, 3.63) is 22.3 Å². The van der Waals surface area contributed by atoms with E-state index >= 15 is 0 Å². The molecule has 3 heterocycles. The molecule has 1 aromatic rings. The first-order chi connectivity index (χ1) is 9.65. The van der Waals surface area contributed by atoms with Gasteiger partial charge in [0, 0.05) is 35.6 Å². The number of ether oxygens (including phenoxy) is 2. The second-order valence-electron chi connectivity index (χ2n) is 6.57. The largest absolute Gasteiger partial charge is 0.490 e. The minimum atomic E-state index is 0.295. The molecule has 3 atom stereocenters. The summed E-state index contributed by atoms with van der Waals surface area (Å²) >= 11 is 0. The summed E-state index contributed by atoms with van der Waals surface area (Å²) < 4.78 is 12.3. The normalized spacial score (nSPS) is 30.9. The highest BCUT2D eigenvalue weighted by Gasteiger charge is 2.37. The molecule has 3 nitrogen and oxygen atoms in total. The molecule has 1 N–H and O–H groups in total. The molecular weight excluding hydrogens is 250 g/mol. The van der Waals surface area contributed by atoms with Crippen LogP contribution in [0.25, 0.3) is 0 Å². The molecule has 1 fully saturated rings. The van der Waals surface area contributed by atoms with E-state index in [2.05, 4.69) is 26.1 Å². The van der Waals surface area contributed by atoms with Gasteiger partial charge in [0.2, 0.25) is 0 Å². The van der Waals surface area contributed by atoms with Gasteiger partial charge in [0.25, 0.3) is 0 Å². The van der Waals surface area contributed by atoms with Crippen molar-refractivity contribution in [2.75, 3.05) is 6.54 Å². The molecule has 3 aliphatic heterocycles. The fourth-order valence-corrected chi connectivity index (χ4v) is 4.06. The van der Waals surface area contributed by atoms with Gasteiger partial charge in [-0.1, -0.05) is 0 Å². The highest BCUT2D eigenvalue weighted by molar-refractivity contribution is 5.63. The first kappa shape index (κ1) is 12.5. The van der Waals surface area contributed by atoms with E-state index in [0.717, 1.165) is 25.1 Å². The Morgan fingerprint density at radius 2 is 1.70 bits per heavy atom. The fraction of sp³-hybridized carbons (Fsp3) is 0.647. The van der Waals surface area contributed by atoms with Gasteiger partial charge in [0.05, 0.1) is 0 Å². The van der Waals surface area contributed by atoms with E-state index < -0.39 is 0 Å². The van der Waals surface area contributed by atoms with Crippen LogP contribution >= 0.6 is 0 Å². The van der Waals surface area contributed by atoms with E-state index in [9.17, 15) is 0 Å². The van der Waals surface area contributed by atoms with Gasteiger partial charge in [-0.2, -0.15) is 0 Å². The second kappa shape index (κ2) is 4.39. The Labute approximate surface area is 120 Å². The molecule has 3 aliphatic rings. The summed E-state index contributed by atoms with van der Waals surface area (Å²) in [4.78, 5) is 0. The quantitative estimate of drug-likeness (QED) is 0.853. The van der Waals surface area contributed by atoms with Crippen molar-refractivity contribution >= 4 is 0 Å². The van der Waals surface area contributed by atoms with Crippen LogP contribution in [0.2, 0.25) is 0 Å². The molecule has 0 saturated carbocycles. The third-order valence-corrected chi connectivity index (χ3v) is 4.94. The number of nitrogens with one attached hydrogen (secondary N) is 1. The first-order valence-electron chi connectivity index (χ1n) is 7.90. The van der Waals surface area contributed by atoms with Crippen molar-refractivity contribution in [2.45, 2.75) is 64.7 Å². The molecule has 0 aromatic heterocycles. The van der Waals surface area contributed by atoms with Crippen molar-refractivity contribution < 1.29 is 9.47 Å². The molecule has 108 valence electrons. The Kier molecular flexibility index (Phi) is 2.75. The van der Waals surface area contributed by atoms with Crippen LogP contribution in [0.5, 0.6) is 11.5 Å². The Hall–Kier alpha value is -1.22. The SMILES string of the molecule is Cc1c2c(c(C3CCCN3)c3c1OC(C)C3)OC(C)C2. The van der Waals surface area contributed by atoms with Crippen LogP contribution in [0.15, 0.2) is 0 Å². The second-order valence-corrected chi connectivity index (χ2v) is 6.57. The van der Waals surface area contributed by atoms with E-state index in [1.807, 2.05) is 0 Å². The molecule has 20 heavy (non-hydrogen) atoms. The molecule has 4 rings (SSSR count). The molecule has 0 spiro atoms. The Morgan fingerprint density at radius 1 is 1.00 bits per heavy atom. The number of hydrogen-bond acceptors (Lipinski definition) is 3. The smallest absolute Gasteiger partial charge is 0.128 e. The molecule has 0 bridgehead atoms. The van der Waals surface area contributed by atoms with E-state index in [4.69, 9.17) is 9.47 Å². The summed E-state index contributed by atoms with van der Waals surface area (Å²) in [5.41, 5.74) is 5.51. The minimum Gasteiger partial charge on any atom is -0.490 e. The zero-order valence-corrected chi connectivity index (χ0v) is 12.6. The lowest BCUT2D eigenvalue weighted by Crippen LogP contribution is -2.16. The Morgan fingerprint density at radius 3 is 2.40 bits per heavy atom. The highest BCUT2D eigenvalue weighted by Crippen LogP contribution is 2.49. The standard InChI is InChI=1S/C17H23NO2/c1-9-7-12-11(3)16-13(8-10(2)19-16)15(17(12)20-9)14-5-4-6-18-14/h9-10,14,18H,4-8H2,1-3H3. The molecule has 3 unspecified atom stereocenters. The summed E-state index contributed by atoms with van der Waals surface area (Å²) in [6.45, 7) is 7.65. The maximum Gasteiger partial charge on any atom is 0.128 e. The summed E-state index contributed by atoms with van der Waals surface area (Å²) in [6, 6.07) is 0.456. The highest BCUT2D eigenvalue weighted by atomic mass is 16.5. The van der Waals surface area contributed by atoms with Gasteiger partial charge in [0.15, 0.2) is 0 Å². The maximum atomic E-state index is 6.20. The van der Waals surface area contributed by atoms with Crippen LogP contribution in [0.3, 0.4) is 0 Å². The zero-order chi connectivity index (χ0) is 13.9. The van der Waals surface area contributed by atoms with Crippen LogP contribution in [0, 0.1) is 6.92 Å². The Balaban J connectivity index is 1.92. The van der Waals surface area contributed by atoms with Gasteiger partial charge < -0.3 is 14.8 Å². The number of fused-ring (bicyclic) bond motifs is 2. The van der Waals surface area contributed by atoms with Gasteiger partial charge in [0.1, 0.15) is 23.7 Å². The van der Waals surface area contributed by atoms with Crippen molar-refractivity contribution in [1.29, 1.82) is 0 Å². The average molecular weight is 273 g/mol. The lowest BCUT2D eigenvalue weighted by Gasteiger charge is -2.20. The fourth-order valence-electron chi connectivity index (χ4n) is 4.06. The van der Waals surface area contributed by atoms with Gasteiger partial charge in [-0.05, 0) is 45.7 Å². The van der Waals surface area contributed by atoms with Crippen molar-refractivity contribution in [1.82, 2.24) is 5.32 Å². The van der Waals surface area contributed by atoms with Gasteiger partial charge in [-0.25, -0.2) is 0 Å². The lowest BCUT2D eigenvalue weighted by molar-refractivity contribution is 0.250. The van der Waals surface area contributed by atoms with Crippen molar-refractivity contribution in [3.8, 4) is 11.5 Å². The van der Waals surface area contributed by atoms with Crippen molar-refractivity contribution in [2.24, 2.45) is 0 Å².